The van der Waals surface area contributed by atoms with Crippen LogP contribution in [0.2, 0.25) is 0 Å². The Labute approximate surface area is 149 Å². The van der Waals surface area contributed by atoms with E-state index in [1.165, 1.54) is 5.56 Å². The van der Waals surface area contributed by atoms with E-state index < -0.39 is 0 Å². The predicted octanol–water partition coefficient (Wildman–Crippen LogP) is 2.69. The number of methoxy groups -OCH3 is 1. The van der Waals surface area contributed by atoms with E-state index in [0.717, 1.165) is 51.0 Å². The third-order valence-corrected chi connectivity index (χ3v) is 5.34. The first-order valence-corrected chi connectivity index (χ1v) is 8.96. The van der Waals surface area contributed by atoms with Crippen molar-refractivity contribution >= 4 is 0 Å². The lowest BCUT2D eigenvalue weighted by molar-refractivity contribution is 0.0340. The molecule has 0 bridgehead atoms. The zero-order valence-electron chi connectivity index (χ0n) is 14.9. The Kier molecular flexibility index (Phi) is 6.00. The van der Waals surface area contributed by atoms with Gasteiger partial charge in [-0.3, -0.25) is 9.88 Å². The molecule has 2 heterocycles. The zero-order valence-corrected chi connectivity index (χ0v) is 14.9. The van der Waals surface area contributed by atoms with Crippen molar-refractivity contribution in [2.75, 3.05) is 26.8 Å². The van der Waals surface area contributed by atoms with Gasteiger partial charge in [-0.25, -0.2) is 4.98 Å². The summed E-state index contributed by atoms with van der Waals surface area (Å²) in [5.74, 6) is 0.602. The molecule has 134 valence electrons. The zero-order chi connectivity index (χ0) is 17.5. The van der Waals surface area contributed by atoms with Crippen molar-refractivity contribution in [1.82, 2.24) is 14.9 Å². The SMILES string of the molecule is COc1nccnc1CN1CCC(CO)(CCc2ccccc2)CC1. The van der Waals surface area contributed by atoms with Crippen molar-refractivity contribution in [2.45, 2.75) is 32.2 Å². The van der Waals surface area contributed by atoms with Crippen LogP contribution >= 0.6 is 0 Å². The van der Waals surface area contributed by atoms with Gasteiger partial charge in [0.15, 0.2) is 0 Å². The lowest BCUT2D eigenvalue weighted by atomic mass is 9.75. The summed E-state index contributed by atoms with van der Waals surface area (Å²) in [6, 6.07) is 10.5. The minimum absolute atomic E-state index is 0.0405. The first-order valence-electron chi connectivity index (χ1n) is 8.96. The first-order chi connectivity index (χ1) is 12.2. The number of ether oxygens (including phenoxy) is 1. The Morgan fingerprint density at radius 3 is 2.52 bits per heavy atom. The normalized spacial score (nSPS) is 17.4. The van der Waals surface area contributed by atoms with E-state index in [9.17, 15) is 5.11 Å². The first kappa shape index (κ1) is 17.8. The Bertz CT molecular complexity index is 655. The van der Waals surface area contributed by atoms with Gasteiger partial charge in [-0.05, 0) is 49.8 Å². The second kappa shape index (κ2) is 8.41. The van der Waals surface area contributed by atoms with Gasteiger partial charge >= 0.3 is 0 Å². The highest BCUT2D eigenvalue weighted by Crippen LogP contribution is 2.36. The van der Waals surface area contributed by atoms with Crippen LogP contribution in [0.15, 0.2) is 42.7 Å². The van der Waals surface area contributed by atoms with E-state index in [1.54, 1.807) is 19.5 Å². The second-order valence-electron chi connectivity index (χ2n) is 6.93. The summed E-state index contributed by atoms with van der Waals surface area (Å²) in [5, 5.41) is 10.0. The highest BCUT2D eigenvalue weighted by atomic mass is 16.5. The fourth-order valence-corrected chi connectivity index (χ4v) is 3.57. The third kappa shape index (κ3) is 4.55. The Balaban J connectivity index is 1.55. The van der Waals surface area contributed by atoms with E-state index in [-0.39, 0.29) is 12.0 Å². The Morgan fingerprint density at radius 2 is 1.84 bits per heavy atom. The van der Waals surface area contributed by atoms with Crippen LogP contribution in [0.1, 0.15) is 30.5 Å². The highest BCUT2D eigenvalue weighted by Gasteiger charge is 2.34. The summed E-state index contributed by atoms with van der Waals surface area (Å²) in [6.07, 6.45) is 7.45. The van der Waals surface area contributed by atoms with Gasteiger partial charge < -0.3 is 9.84 Å². The maximum atomic E-state index is 10.0. The number of piperidine rings is 1. The average Bonchev–Trinajstić information content (AvgIpc) is 2.69. The smallest absolute Gasteiger partial charge is 0.236 e. The van der Waals surface area contributed by atoms with Crippen LogP contribution in [-0.4, -0.2) is 46.8 Å². The largest absolute Gasteiger partial charge is 0.480 e. The van der Waals surface area contributed by atoms with Gasteiger partial charge in [0.05, 0.1) is 7.11 Å². The third-order valence-electron chi connectivity index (χ3n) is 5.34. The molecular weight excluding hydrogens is 314 g/mol. The molecule has 0 aliphatic carbocycles. The highest BCUT2D eigenvalue weighted by molar-refractivity contribution is 5.17. The lowest BCUT2D eigenvalue weighted by Gasteiger charge is -2.41. The molecule has 1 aromatic heterocycles. The van der Waals surface area contributed by atoms with Crippen molar-refractivity contribution < 1.29 is 9.84 Å². The van der Waals surface area contributed by atoms with Crippen LogP contribution in [0.5, 0.6) is 5.88 Å². The van der Waals surface area contributed by atoms with Crippen LogP contribution in [0.25, 0.3) is 0 Å². The number of aromatic nitrogens is 2. The fraction of sp³-hybridized carbons (Fsp3) is 0.500. The van der Waals surface area contributed by atoms with Crippen LogP contribution in [-0.2, 0) is 13.0 Å². The number of aliphatic hydroxyl groups excluding tert-OH is 1. The molecule has 0 atom stereocenters. The van der Waals surface area contributed by atoms with E-state index in [0.29, 0.717) is 5.88 Å². The molecule has 2 aromatic rings. The summed E-state index contributed by atoms with van der Waals surface area (Å²) >= 11 is 0. The van der Waals surface area contributed by atoms with Crippen LogP contribution in [0, 0.1) is 5.41 Å². The molecule has 1 aliphatic heterocycles. The molecule has 1 aliphatic rings. The van der Waals surface area contributed by atoms with Crippen molar-refractivity contribution in [3.63, 3.8) is 0 Å². The number of hydrogen-bond donors (Lipinski definition) is 1. The Hall–Kier alpha value is -1.98. The van der Waals surface area contributed by atoms with Gasteiger partial charge in [-0.1, -0.05) is 30.3 Å². The van der Waals surface area contributed by atoms with Gasteiger partial charge in [0, 0.05) is 25.5 Å². The molecular formula is C20H27N3O2. The standard InChI is InChI=1S/C20H27N3O2/c1-25-19-18(21-11-12-22-19)15-23-13-9-20(16-24,10-14-23)8-7-17-5-3-2-4-6-17/h2-6,11-12,24H,7-10,13-16H2,1H3. The van der Waals surface area contributed by atoms with E-state index in [2.05, 4.69) is 39.1 Å². The van der Waals surface area contributed by atoms with Crippen molar-refractivity contribution in [2.24, 2.45) is 5.41 Å². The summed E-state index contributed by atoms with van der Waals surface area (Å²) in [6.45, 7) is 2.95. The molecule has 0 radical (unpaired) electrons. The Morgan fingerprint density at radius 1 is 1.12 bits per heavy atom. The van der Waals surface area contributed by atoms with E-state index in [4.69, 9.17) is 4.74 Å². The molecule has 1 saturated heterocycles. The molecule has 5 nitrogen and oxygen atoms in total. The summed E-state index contributed by atoms with van der Waals surface area (Å²) in [5.41, 5.74) is 2.27. The van der Waals surface area contributed by atoms with E-state index in [1.807, 2.05) is 6.07 Å². The topological polar surface area (TPSA) is 58.5 Å². The number of aliphatic hydroxyl groups is 1. The second-order valence-corrected chi connectivity index (χ2v) is 6.93. The maximum Gasteiger partial charge on any atom is 0.236 e. The molecule has 0 amide bonds. The molecule has 0 saturated carbocycles. The molecule has 3 rings (SSSR count). The summed E-state index contributed by atoms with van der Waals surface area (Å²) in [7, 11) is 1.63. The van der Waals surface area contributed by atoms with Gasteiger partial charge in [-0.2, -0.15) is 0 Å². The van der Waals surface area contributed by atoms with Crippen molar-refractivity contribution in [3.8, 4) is 5.88 Å². The van der Waals surface area contributed by atoms with Gasteiger partial charge in [0.1, 0.15) is 5.69 Å². The number of aryl methyl sites for hydroxylation is 1. The van der Waals surface area contributed by atoms with Crippen molar-refractivity contribution in [3.05, 3.63) is 54.0 Å². The average molecular weight is 341 g/mol. The van der Waals surface area contributed by atoms with Gasteiger partial charge in [-0.15, -0.1) is 0 Å². The van der Waals surface area contributed by atoms with Gasteiger partial charge in [0.2, 0.25) is 5.88 Å². The summed E-state index contributed by atoms with van der Waals surface area (Å²) < 4.78 is 5.30. The molecule has 1 fully saturated rings. The minimum atomic E-state index is 0.0405. The maximum absolute atomic E-state index is 10.0. The number of hydrogen-bond acceptors (Lipinski definition) is 5. The number of likely N-dealkylation sites (tertiary alicyclic amines) is 1. The molecule has 1 aromatic carbocycles. The molecule has 0 unspecified atom stereocenters. The summed E-state index contributed by atoms with van der Waals surface area (Å²) in [4.78, 5) is 11.0. The predicted molar refractivity (Wildman–Crippen MR) is 97.4 cm³/mol. The number of rotatable bonds is 7. The number of benzene rings is 1. The quantitative estimate of drug-likeness (QED) is 0.839. The van der Waals surface area contributed by atoms with Crippen LogP contribution in [0.3, 0.4) is 0 Å². The fourth-order valence-electron chi connectivity index (χ4n) is 3.57. The van der Waals surface area contributed by atoms with Gasteiger partial charge in [0.25, 0.3) is 0 Å². The minimum Gasteiger partial charge on any atom is -0.480 e. The monoisotopic (exact) mass is 341 g/mol. The molecule has 1 N–H and O–H groups in total. The molecule has 25 heavy (non-hydrogen) atoms. The molecule has 5 heteroatoms. The van der Waals surface area contributed by atoms with Crippen molar-refractivity contribution in [1.29, 1.82) is 0 Å². The lowest BCUT2D eigenvalue weighted by Crippen LogP contribution is -2.42. The molecule has 0 spiro atoms. The van der Waals surface area contributed by atoms with Crippen LogP contribution in [0.4, 0.5) is 0 Å². The van der Waals surface area contributed by atoms with E-state index >= 15 is 0 Å². The van der Waals surface area contributed by atoms with Crippen LogP contribution < -0.4 is 4.74 Å². The number of nitrogens with zero attached hydrogens (tertiary/aromatic N) is 3.